The van der Waals surface area contributed by atoms with E-state index in [0.29, 0.717) is 19.4 Å². The SMILES string of the molecule is CSC(C)(C)CNC(=O)NC1CCCC(C(=O)O)C1. The van der Waals surface area contributed by atoms with Crippen LogP contribution in [0.2, 0.25) is 0 Å². The van der Waals surface area contributed by atoms with Gasteiger partial charge in [0, 0.05) is 17.3 Å². The Bertz CT molecular complexity index is 334. The second-order valence-electron chi connectivity index (χ2n) is 5.69. The molecule has 3 N–H and O–H groups in total. The number of carbonyl (C=O) groups excluding carboxylic acids is 1. The smallest absolute Gasteiger partial charge is 0.315 e. The maximum atomic E-state index is 11.8. The van der Waals surface area contributed by atoms with Gasteiger partial charge >= 0.3 is 12.0 Å². The number of urea groups is 1. The van der Waals surface area contributed by atoms with E-state index in [1.807, 2.05) is 6.26 Å². The van der Waals surface area contributed by atoms with Gasteiger partial charge in [-0.1, -0.05) is 6.42 Å². The first-order valence-electron chi connectivity index (χ1n) is 6.66. The van der Waals surface area contributed by atoms with Crippen LogP contribution in [0.1, 0.15) is 39.5 Å². The number of hydrogen-bond acceptors (Lipinski definition) is 3. The Morgan fingerprint density at radius 2 is 2.05 bits per heavy atom. The third-order valence-electron chi connectivity index (χ3n) is 3.59. The molecule has 0 aliphatic heterocycles. The molecule has 0 radical (unpaired) electrons. The van der Waals surface area contributed by atoms with Crippen molar-refractivity contribution in [3.05, 3.63) is 0 Å². The molecule has 2 atom stereocenters. The Balaban J connectivity index is 2.34. The summed E-state index contributed by atoms with van der Waals surface area (Å²) in [5, 5.41) is 14.7. The van der Waals surface area contributed by atoms with E-state index < -0.39 is 5.97 Å². The summed E-state index contributed by atoms with van der Waals surface area (Å²) in [6.45, 7) is 4.73. The largest absolute Gasteiger partial charge is 0.481 e. The van der Waals surface area contributed by atoms with Gasteiger partial charge in [0.25, 0.3) is 0 Å². The number of carboxylic acids is 1. The Morgan fingerprint density at radius 3 is 2.63 bits per heavy atom. The van der Waals surface area contributed by atoms with E-state index in [4.69, 9.17) is 5.11 Å². The highest BCUT2D eigenvalue weighted by Gasteiger charge is 2.28. The van der Waals surface area contributed by atoms with E-state index >= 15 is 0 Å². The van der Waals surface area contributed by atoms with Gasteiger partial charge in [-0.05, 0) is 39.4 Å². The molecule has 0 aromatic rings. The molecule has 1 saturated carbocycles. The molecule has 1 aliphatic carbocycles. The van der Waals surface area contributed by atoms with Crippen LogP contribution in [0.4, 0.5) is 4.79 Å². The van der Waals surface area contributed by atoms with Crippen molar-refractivity contribution in [3.63, 3.8) is 0 Å². The number of thioether (sulfide) groups is 1. The first-order chi connectivity index (χ1) is 8.84. The molecule has 0 heterocycles. The fourth-order valence-corrected chi connectivity index (χ4v) is 2.36. The molecule has 0 aromatic carbocycles. The molecule has 0 saturated heterocycles. The van der Waals surface area contributed by atoms with Crippen LogP contribution in [0.15, 0.2) is 0 Å². The van der Waals surface area contributed by atoms with Gasteiger partial charge in [0.15, 0.2) is 0 Å². The molecule has 0 bridgehead atoms. The molecule has 6 heteroatoms. The van der Waals surface area contributed by atoms with E-state index in [0.717, 1.165) is 12.8 Å². The molecule has 0 aromatic heterocycles. The quantitative estimate of drug-likeness (QED) is 0.723. The normalized spacial score (nSPS) is 23.7. The van der Waals surface area contributed by atoms with Gasteiger partial charge in [-0.3, -0.25) is 4.79 Å². The summed E-state index contributed by atoms with van der Waals surface area (Å²) in [7, 11) is 0. The number of hydrogen-bond donors (Lipinski definition) is 3. The summed E-state index contributed by atoms with van der Waals surface area (Å²) in [6, 6.07) is -0.217. The lowest BCUT2D eigenvalue weighted by atomic mass is 9.86. The molecule has 1 rings (SSSR count). The van der Waals surface area contributed by atoms with Crippen LogP contribution in [-0.2, 0) is 4.79 Å². The number of amides is 2. The summed E-state index contributed by atoms with van der Waals surface area (Å²) in [5.74, 6) is -1.07. The maximum Gasteiger partial charge on any atom is 0.315 e. The van der Waals surface area contributed by atoms with Crippen molar-refractivity contribution in [1.82, 2.24) is 10.6 Å². The highest BCUT2D eigenvalue weighted by atomic mass is 32.2. The van der Waals surface area contributed by atoms with Crippen LogP contribution in [0.3, 0.4) is 0 Å². The molecule has 2 unspecified atom stereocenters. The maximum absolute atomic E-state index is 11.8. The van der Waals surface area contributed by atoms with Crippen LogP contribution in [0.5, 0.6) is 0 Å². The highest BCUT2D eigenvalue weighted by molar-refractivity contribution is 7.99. The fourth-order valence-electron chi connectivity index (χ4n) is 2.15. The number of rotatable bonds is 5. The van der Waals surface area contributed by atoms with Crippen LogP contribution < -0.4 is 10.6 Å². The molecule has 0 spiro atoms. The summed E-state index contributed by atoms with van der Waals surface area (Å²) < 4.78 is 0.00745. The summed E-state index contributed by atoms with van der Waals surface area (Å²) in [6.07, 6.45) is 4.99. The van der Waals surface area contributed by atoms with Crippen LogP contribution in [0, 0.1) is 5.92 Å². The van der Waals surface area contributed by atoms with E-state index in [1.54, 1.807) is 11.8 Å². The summed E-state index contributed by atoms with van der Waals surface area (Å²) in [4.78, 5) is 22.7. The molecule has 1 fully saturated rings. The predicted molar refractivity (Wildman–Crippen MR) is 77.5 cm³/mol. The average Bonchev–Trinajstić information content (AvgIpc) is 2.37. The van der Waals surface area contributed by atoms with Crippen molar-refractivity contribution in [2.24, 2.45) is 5.92 Å². The first kappa shape index (κ1) is 16.1. The zero-order chi connectivity index (χ0) is 14.5. The van der Waals surface area contributed by atoms with E-state index in [-0.39, 0.29) is 22.7 Å². The van der Waals surface area contributed by atoms with E-state index in [9.17, 15) is 9.59 Å². The zero-order valence-corrected chi connectivity index (χ0v) is 12.7. The van der Waals surface area contributed by atoms with Gasteiger partial charge < -0.3 is 15.7 Å². The molecular formula is C13H24N2O3S. The minimum atomic E-state index is -0.754. The molecule has 110 valence electrons. The van der Waals surface area contributed by atoms with Gasteiger partial charge in [-0.2, -0.15) is 11.8 Å². The second kappa shape index (κ2) is 7.03. The van der Waals surface area contributed by atoms with Crippen molar-refractivity contribution in [3.8, 4) is 0 Å². The molecule has 2 amide bonds. The Hall–Kier alpha value is -0.910. The molecule has 1 aliphatic rings. The van der Waals surface area contributed by atoms with Crippen LogP contribution in [0.25, 0.3) is 0 Å². The lowest BCUT2D eigenvalue weighted by molar-refractivity contribution is -0.143. The Morgan fingerprint density at radius 1 is 1.37 bits per heavy atom. The summed E-state index contributed by atoms with van der Waals surface area (Å²) >= 11 is 1.70. The molecule has 5 nitrogen and oxygen atoms in total. The fraction of sp³-hybridized carbons (Fsp3) is 0.846. The van der Waals surface area contributed by atoms with Crippen molar-refractivity contribution < 1.29 is 14.7 Å². The number of nitrogens with one attached hydrogen (secondary N) is 2. The predicted octanol–water partition coefficient (Wildman–Crippen LogP) is 2.07. The van der Waals surface area contributed by atoms with Crippen LogP contribution >= 0.6 is 11.8 Å². The van der Waals surface area contributed by atoms with E-state index in [1.165, 1.54) is 0 Å². The number of aliphatic carboxylic acids is 1. The van der Waals surface area contributed by atoms with Gasteiger partial charge in [0.05, 0.1) is 5.92 Å². The number of carbonyl (C=O) groups is 2. The third-order valence-corrected chi connectivity index (χ3v) is 4.84. The van der Waals surface area contributed by atoms with Gasteiger partial charge in [0.2, 0.25) is 0 Å². The van der Waals surface area contributed by atoms with Crippen molar-refractivity contribution >= 4 is 23.8 Å². The summed E-state index contributed by atoms with van der Waals surface area (Å²) in [5.41, 5.74) is 0. The topological polar surface area (TPSA) is 78.4 Å². The minimum absolute atomic E-state index is 0.00745. The van der Waals surface area contributed by atoms with Crippen LogP contribution in [-0.4, -0.2) is 40.7 Å². The van der Waals surface area contributed by atoms with Crippen molar-refractivity contribution in [2.75, 3.05) is 12.8 Å². The van der Waals surface area contributed by atoms with Crippen molar-refractivity contribution in [2.45, 2.75) is 50.3 Å². The Labute approximate surface area is 118 Å². The molecular weight excluding hydrogens is 264 g/mol. The molecule has 19 heavy (non-hydrogen) atoms. The standard InChI is InChI=1S/C13H24N2O3S/c1-13(2,19-3)8-14-12(18)15-10-6-4-5-9(7-10)11(16)17/h9-10H,4-8H2,1-3H3,(H,16,17)(H2,14,15,18). The monoisotopic (exact) mass is 288 g/mol. The second-order valence-corrected chi connectivity index (χ2v) is 7.20. The van der Waals surface area contributed by atoms with E-state index in [2.05, 4.69) is 24.5 Å². The highest BCUT2D eigenvalue weighted by Crippen LogP contribution is 2.24. The zero-order valence-electron chi connectivity index (χ0n) is 11.9. The first-order valence-corrected chi connectivity index (χ1v) is 7.89. The van der Waals surface area contributed by atoms with Gasteiger partial charge in [-0.25, -0.2) is 4.79 Å². The average molecular weight is 288 g/mol. The lowest BCUT2D eigenvalue weighted by Crippen LogP contribution is -2.47. The Kier molecular flexibility index (Phi) is 5.97. The van der Waals surface area contributed by atoms with Crippen molar-refractivity contribution in [1.29, 1.82) is 0 Å². The van der Waals surface area contributed by atoms with Gasteiger partial charge in [-0.15, -0.1) is 0 Å². The minimum Gasteiger partial charge on any atom is -0.481 e. The lowest BCUT2D eigenvalue weighted by Gasteiger charge is -2.28. The van der Waals surface area contributed by atoms with Gasteiger partial charge in [0.1, 0.15) is 0 Å². The number of carboxylic acid groups (broad SMARTS) is 1. The third kappa shape index (κ3) is 5.72.